The number of esters is 1. The second-order valence-electron chi connectivity index (χ2n) is 6.31. The zero-order chi connectivity index (χ0) is 20.7. The lowest BCUT2D eigenvalue weighted by atomic mass is 9.88. The van der Waals surface area contributed by atoms with Crippen molar-refractivity contribution in [3.8, 4) is 28.7 Å². The third-order valence-electron chi connectivity index (χ3n) is 4.54. The summed E-state index contributed by atoms with van der Waals surface area (Å²) in [5.74, 6) is 5.74. The van der Waals surface area contributed by atoms with Crippen molar-refractivity contribution < 1.29 is 14.3 Å². The summed E-state index contributed by atoms with van der Waals surface area (Å²) >= 11 is 0. The first-order valence-electron chi connectivity index (χ1n) is 8.81. The molecule has 0 aliphatic rings. The fourth-order valence-corrected chi connectivity index (χ4v) is 3.09. The van der Waals surface area contributed by atoms with Gasteiger partial charge in [0.2, 0.25) is 0 Å². The minimum atomic E-state index is -0.367. The largest absolute Gasteiger partial charge is 0.480 e. The highest BCUT2D eigenvalue weighted by molar-refractivity contribution is 5.85. The Labute approximate surface area is 165 Å². The van der Waals surface area contributed by atoms with Gasteiger partial charge in [0.1, 0.15) is 12.4 Å². The highest BCUT2D eigenvalue weighted by atomic mass is 16.5. The first-order chi connectivity index (χ1) is 13.4. The van der Waals surface area contributed by atoms with Crippen LogP contribution in [-0.4, -0.2) is 19.7 Å². The van der Waals surface area contributed by atoms with Crippen LogP contribution in [0, 0.1) is 32.6 Å². The number of hydrogen-bond donors (Lipinski definition) is 0. The SMILES string of the molecule is CC#CCOc1c(C)c(-c2ccc(C)cc2)c(CC(=O)OC)c(C)c1N=[N+]=[N-]. The van der Waals surface area contributed by atoms with Crippen LogP contribution in [0.4, 0.5) is 5.69 Å². The second-order valence-corrected chi connectivity index (χ2v) is 6.31. The third-order valence-corrected chi connectivity index (χ3v) is 4.54. The molecule has 0 spiro atoms. The van der Waals surface area contributed by atoms with Crippen molar-refractivity contribution >= 4 is 11.7 Å². The number of azide groups is 1. The van der Waals surface area contributed by atoms with Crippen molar-refractivity contribution in [3.63, 3.8) is 0 Å². The number of methoxy groups -OCH3 is 1. The summed E-state index contributed by atoms with van der Waals surface area (Å²) in [6.07, 6.45) is 0.0649. The van der Waals surface area contributed by atoms with Crippen LogP contribution in [0.5, 0.6) is 5.75 Å². The van der Waals surface area contributed by atoms with Gasteiger partial charge < -0.3 is 9.47 Å². The minimum absolute atomic E-state index is 0.0649. The number of nitrogens with zero attached hydrogens (tertiary/aromatic N) is 3. The summed E-state index contributed by atoms with van der Waals surface area (Å²) in [5, 5.41) is 3.84. The molecule has 0 heterocycles. The molecule has 0 unspecified atom stereocenters. The van der Waals surface area contributed by atoms with Crippen LogP contribution < -0.4 is 4.74 Å². The molecule has 0 N–H and O–H groups in total. The van der Waals surface area contributed by atoms with Gasteiger partial charge in [0.05, 0.1) is 19.2 Å². The number of rotatable bonds is 6. The van der Waals surface area contributed by atoms with Gasteiger partial charge in [0.25, 0.3) is 0 Å². The fraction of sp³-hybridized carbons (Fsp3) is 0.318. The van der Waals surface area contributed by atoms with Crippen LogP contribution in [0.1, 0.15) is 29.2 Å². The van der Waals surface area contributed by atoms with E-state index in [4.69, 9.17) is 15.0 Å². The molecule has 6 heteroatoms. The Morgan fingerprint density at radius 1 is 1.18 bits per heavy atom. The van der Waals surface area contributed by atoms with E-state index in [0.29, 0.717) is 17.0 Å². The van der Waals surface area contributed by atoms with E-state index in [1.807, 2.05) is 45.0 Å². The lowest BCUT2D eigenvalue weighted by molar-refractivity contribution is -0.139. The summed E-state index contributed by atoms with van der Waals surface area (Å²) in [6.45, 7) is 7.62. The van der Waals surface area contributed by atoms with Crippen molar-refractivity contribution in [2.24, 2.45) is 5.11 Å². The molecule has 0 fully saturated rings. The van der Waals surface area contributed by atoms with Gasteiger partial charge in [-0.25, -0.2) is 0 Å². The van der Waals surface area contributed by atoms with Gasteiger partial charge in [0, 0.05) is 4.91 Å². The van der Waals surface area contributed by atoms with Crippen molar-refractivity contribution in [1.29, 1.82) is 0 Å². The first kappa shape index (κ1) is 20.9. The van der Waals surface area contributed by atoms with Gasteiger partial charge in [-0.15, -0.1) is 5.92 Å². The lowest BCUT2D eigenvalue weighted by Gasteiger charge is -2.21. The van der Waals surface area contributed by atoms with Gasteiger partial charge in [-0.1, -0.05) is 40.9 Å². The maximum atomic E-state index is 12.1. The van der Waals surface area contributed by atoms with Crippen LogP contribution in [0.2, 0.25) is 0 Å². The standard InChI is InChI=1S/C22H23N3O3/c1-6-7-12-28-22-16(4)20(17-10-8-14(2)9-11-17)18(13-19(26)27-5)15(3)21(22)24-25-23/h8-11H,12-13H2,1-5H3. The predicted octanol–water partition coefficient (Wildman–Crippen LogP) is 5.34. The molecule has 0 saturated heterocycles. The molecular weight excluding hydrogens is 354 g/mol. The molecule has 0 amide bonds. The quantitative estimate of drug-likeness (QED) is 0.224. The summed E-state index contributed by atoms with van der Waals surface area (Å²) in [5.41, 5.74) is 14.6. The average molecular weight is 377 g/mol. The smallest absolute Gasteiger partial charge is 0.310 e. The van der Waals surface area contributed by atoms with Crippen molar-refractivity contribution in [3.05, 3.63) is 57.0 Å². The summed E-state index contributed by atoms with van der Waals surface area (Å²) in [4.78, 5) is 15.0. The van der Waals surface area contributed by atoms with E-state index in [1.54, 1.807) is 6.92 Å². The van der Waals surface area contributed by atoms with E-state index in [9.17, 15) is 4.79 Å². The molecule has 6 nitrogen and oxygen atoms in total. The predicted molar refractivity (Wildman–Crippen MR) is 110 cm³/mol. The van der Waals surface area contributed by atoms with E-state index in [2.05, 4.69) is 21.9 Å². The number of benzene rings is 2. The number of aryl methyl sites for hydroxylation is 1. The molecule has 0 saturated carbocycles. The van der Waals surface area contributed by atoms with E-state index in [0.717, 1.165) is 27.8 Å². The zero-order valence-corrected chi connectivity index (χ0v) is 16.8. The second kappa shape index (κ2) is 9.50. The minimum Gasteiger partial charge on any atom is -0.480 e. The Balaban J connectivity index is 2.83. The van der Waals surface area contributed by atoms with E-state index in [1.165, 1.54) is 7.11 Å². The highest BCUT2D eigenvalue weighted by Crippen LogP contribution is 2.44. The van der Waals surface area contributed by atoms with E-state index < -0.39 is 0 Å². The van der Waals surface area contributed by atoms with Crippen LogP contribution in [0.25, 0.3) is 21.6 Å². The Hall–Kier alpha value is -3.42. The molecule has 2 aromatic carbocycles. The van der Waals surface area contributed by atoms with Crippen LogP contribution in [0.15, 0.2) is 29.4 Å². The number of ether oxygens (including phenoxy) is 2. The number of carbonyl (C=O) groups excluding carboxylic acids is 1. The lowest BCUT2D eigenvalue weighted by Crippen LogP contribution is -2.10. The molecule has 2 aromatic rings. The van der Waals surface area contributed by atoms with Crippen molar-refractivity contribution in [2.45, 2.75) is 34.1 Å². The van der Waals surface area contributed by atoms with Gasteiger partial charge in [-0.3, -0.25) is 4.79 Å². The van der Waals surface area contributed by atoms with Crippen molar-refractivity contribution in [1.82, 2.24) is 0 Å². The molecule has 0 aromatic heterocycles. The molecule has 0 bridgehead atoms. The maximum Gasteiger partial charge on any atom is 0.310 e. The molecule has 0 radical (unpaired) electrons. The topological polar surface area (TPSA) is 84.3 Å². The zero-order valence-electron chi connectivity index (χ0n) is 16.8. The van der Waals surface area contributed by atoms with Crippen LogP contribution in [0.3, 0.4) is 0 Å². The monoisotopic (exact) mass is 377 g/mol. The fourth-order valence-electron chi connectivity index (χ4n) is 3.09. The molecular formula is C22H23N3O3. The summed E-state index contributed by atoms with van der Waals surface area (Å²) < 4.78 is 10.7. The van der Waals surface area contributed by atoms with Gasteiger partial charge in [0.15, 0.2) is 0 Å². The number of carbonyl (C=O) groups is 1. The molecule has 144 valence electrons. The first-order valence-corrected chi connectivity index (χ1v) is 8.81. The summed E-state index contributed by atoms with van der Waals surface area (Å²) in [6, 6.07) is 8.02. The Morgan fingerprint density at radius 2 is 1.86 bits per heavy atom. The molecule has 28 heavy (non-hydrogen) atoms. The van der Waals surface area contributed by atoms with Gasteiger partial charge in [-0.2, -0.15) is 0 Å². The van der Waals surface area contributed by atoms with Crippen molar-refractivity contribution in [2.75, 3.05) is 13.7 Å². The van der Waals surface area contributed by atoms with Gasteiger partial charge in [-0.05, 0) is 61.0 Å². The Kier molecular flexibility index (Phi) is 7.08. The molecule has 0 atom stereocenters. The van der Waals surface area contributed by atoms with Gasteiger partial charge >= 0.3 is 5.97 Å². The van der Waals surface area contributed by atoms with E-state index >= 15 is 0 Å². The molecule has 0 aliphatic carbocycles. The molecule has 0 aliphatic heterocycles. The van der Waals surface area contributed by atoms with Crippen LogP contribution in [-0.2, 0) is 16.0 Å². The maximum absolute atomic E-state index is 12.1. The third kappa shape index (κ3) is 4.46. The highest BCUT2D eigenvalue weighted by Gasteiger charge is 2.23. The number of hydrogen-bond acceptors (Lipinski definition) is 4. The summed E-state index contributed by atoms with van der Waals surface area (Å²) in [7, 11) is 1.35. The normalized spacial score (nSPS) is 9.75. The van der Waals surface area contributed by atoms with Crippen LogP contribution >= 0.6 is 0 Å². The van der Waals surface area contributed by atoms with E-state index in [-0.39, 0.29) is 19.0 Å². The average Bonchev–Trinajstić information content (AvgIpc) is 2.69. The Bertz CT molecular complexity index is 993. The molecule has 2 rings (SSSR count). The Morgan fingerprint density at radius 3 is 2.43 bits per heavy atom.